The first-order chi connectivity index (χ1) is 9.52. The van der Waals surface area contributed by atoms with Gasteiger partial charge in [-0.3, -0.25) is 4.57 Å². The lowest BCUT2D eigenvalue weighted by Gasteiger charge is -2.42. The molecule has 1 aromatic carbocycles. The second kappa shape index (κ2) is 6.77. The van der Waals surface area contributed by atoms with Gasteiger partial charge in [0, 0.05) is 0 Å². The van der Waals surface area contributed by atoms with Crippen LogP contribution in [-0.2, 0) is 4.43 Å². The van der Waals surface area contributed by atoms with Crippen molar-refractivity contribution in [1.29, 1.82) is 0 Å². The standard InChI is InChI=1S/C17H33NOSi2/c1-9-18(15-19-21(7,8)17(2,3)4)20(5,6)16-13-11-10-12-14-16/h10-14H,9,15H2,1-8H3. The summed E-state index contributed by atoms with van der Waals surface area (Å²) in [5.74, 6) is 0. The molecule has 0 amide bonds. The lowest BCUT2D eigenvalue weighted by atomic mass is 10.2. The van der Waals surface area contributed by atoms with Gasteiger partial charge in [0.25, 0.3) is 0 Å². The van der Waals surface area contributed by atoms with E-state index in [1.165, 1.54) is 5.19 Å². The Morgan fingerprint density at radius 1 is 1.00 bits per heavy atom. The van der Waals surface area contributed by atoms with Gasteiger partial charge < -0.3 is 4.43 Å². The molecule has 0 bridgehead atoms. The molecule has 21 heavy (non-hydrogen) atoms. The van der Waals surface area contributed by atoms with Crippen LogP contribution in [-0.4, -0.2) is 34.4 Å². The largest absolute Gasteiger partial charge is 0.405 e. The van der Waals surface area contributed by atoms with E-state index in [0.717, 1.165) is 13.3 Å². The molecular formula is C17H33NOSi2. The number of hydrogen-bond acceptors (Lipinski definition) is 2. The highest BCUT2D eigenvalue weighted by molar-refractivity contribution is 6.87. The molecule has 0 radical (unpaired) electrons. The summed E-state index contributed by atoms with van der Waals surface area (Å²) < 4.78 is 9.01. The van der Waals surface area contributed by atoms with Crippen molar-refractivity contribution < 1.29 is 4.43 Å². The Bertz CT molecular complexity index is 438. The van der Waals surface area contributed by atoms with E-state index in [1.54, 1.807) is 0 Å². The molecular weight excluding hydrogens is 290 g/mol. The molecule has 2 nitrogen and oxygen atoms in total. The average molecular weight is 324 g/mol. The van der Waals surface area contributed by atoms with Gasteiger partial charge in [-0.25, -0.2) is 0 Å². The zero-order valence-electron chi connectivity index (χ0n) is 15.2. The predicted molar refractivity (Wildman–Crippen MR) is 99.1 cm³/mol. The summed E-state index contributed by atoms with van der Waals surface area (Å²) in [5, 5.41) is 1.75. The summed E-state index contributed by atoms with van der Waals surface area (Å²) in [6, 6.07) is 10.9. The first-order valence-electron chi connectivity index (χ1n) is 7.97. The zero-order valence-corrected chi connectivity index (χ0v) is 17.2. The molecule has 120 valence electrons. The molecule has 0 saturated heterocycles. The highest BCUT2D eigenvalue weighted by atomic mass is 28.4. The van der Waals surface area contributed by atoms with Crippen molar-refractivity contribution >= 4 is 21.7 Å². The molecule has 0 atom stereocenters. The molecule has 0 aliphatic carbocycles. The van der Waals surface area contributed by atoms with Gasteiger partial charge in [-0.15, -0.1) is 0 Å². The Hall–Kier alpha value is -0.426. The van der Waals surface area contributed by atoms with Crippen LogP contribution in [0.25, 0.3) is 0 Å². The van der Waals surface area contributed by atoms with Crippen LogP contribution >= 0.6 is 0 Å². The molecule has 0 fully saturated rings. The van der Waals surface area contributed by atoms with Crippen LogP contribution in [0.2, 0.25) is 31.2 Å². The average Bonchev–Trinajstić information content (AvgIpc) is 2.38. The molecule has 4 heteroatoms. The van der Waals surface area contributed by atoms with Gasteiger partial charge >= 0.3 is 0 Å². The zero-order chi connectivity index (χ0) is 16.3. The molecule has 0 spiro atoms. The quantitative estimate of drug-likeness (QED) is 0.568. The maximum atomic E-state index is 6.45. The Kier molecular flexibility index (Phi) is 6.01. The van der Waals surface area contributed by atoms with Crippen molar-refractivity contribution in [3.63, 3.8) is 0 Å². The Morgan fingerprint density at radius 3 is 1.95 bits per heavy atom. The number of hydrogen-bond donors (Lipinski definition) is 0. The topological polar surface area (TPSA) is 12.5 Å². The number of benzene rings is 1. The smallest absolute Gasteiger partial charge is 0.193 e. The molecule has 0 heterocycles. The maximum Gasteiger partial charge on any atom is 0.193 e. The summed E-state index contributed by atoms with van der Waals surface area (Å²) in [7, 11) is -3.32. The van der Waals surface area contributed by atoms with Crippen LogP contribution in [0.5, 0.6) is 0 Å². The van der Waals surface area contributed by atoms with Crippen molar-refractivity contribution in [2.75, 3.05) is 13.3 Å². The normalized spacial score (nSPS) is 13.8. The minimum absolute atomic E-state index is 0.269. The van der Waals surface area contributed by atoms with E-state index < -0.39 is 16.6 Å². The van der Waals surface area contributed by atoms with E-state index >= 15 is 0 Å². The van der Waals surface area contributed by atoms with Crippen LogP contribution < -0.4 is 5.19 Å². The van der Waals surface area contributed by atoms with E-state index in [4.69, 9.17) is 4.43 Å². The summed E-state index contributed by atoms with van der Waals surface area (Å²) in [6.07, 6.45) is 0. The summed E-state index contributed by atoms with van der Waals surface area (Å²) in [5.41, 5.74) is 0. The number of rotatable bonds is 6. The molecule has 1 aromatic rings. The van der Waals surface area contributed by atoms with Gasteiger partial charge in [0.05, 0.1) is 6.73 Å². The molecule has 0 aliphatic heterocycles. The highest BCUT2D eigenvalue weighted by Crippen LogP contribution is 2.36. The third kappa shape index (κ3) is 4.52. The summed E-state index contributed by atoms with van der Waals surface area (Å²) in [6.45, 7) is 20.5. The lowest BCUT2D eigenvalue weighted by Crippen LogP contribution is -2.59. The molecule has 1 rings (SSSR count). The van der Waals surface area contributed by atoms with Crippen molar-refractivity contribution in [2.45, 2.75) is 58.9 Å². The second-order valence-electron chi connectivity index (χ2n) is 7.81. The third-order valence-corrected chi connectivity index (χ3v) is 13.3. The summed E-state index contributed by atoms with van der Waals surface area (Å²) in [4.78, 5) is 0. The van der Waals surface area contributed by atoms with Crippen molar-refractivity contribution in [3.8, 4) is 0 Å². The predicted octanol–water partition coefficient (Wildman–Crippen LogP) is 4.40. The van der Waals surface area contributed by atoms with Gasteiger partial charge in [0.1, 0.15) is 0 Å². The second-order valence-corrected chi connectivity index (χ2v) is 17.0. The molecule has 0 aromatic heterocycles. The minimum atomic E-state index is -1.68. The molecule has 0 N–H and O–H groups in total. The van der Waals surface area contributed by atoms with Crippen LogP contribution in [0.1, 0.15) is 27.7 Å². The van der Waals surface area contributed by atoms with E-state index in [0.29, 0.717) is 0 Å². The van der Waals surface area contributed by atoms with Gasteiger partial charge in [-0.05, 0) is 29.9 Å². The van der Waals surface area contributed by atoms with E-state index in [2.05, 4.69) is 88.8 Å². The Labute approximate surface area is 133 Å². The van der Waals surface area contributed by atoms with Crippen molar-refractivity contribution in [3.05, 3.63) is 30.3 Å². The fourth-order valence-electron chi connectivity index (χ4n) is 2.13. The third-order valence-electron chi connectivity index (χ3n) is 5.04. The lowest BCUT2D eigenvalue weighted by molar-refractivity contribution is 0.183. The Morgan fingerprint density at radius 2 is 1.52 bits per heavy atom. The fraction of sp³-hybridized carbons (Fsp3) is 0.647. The summed E-state index contributed by atoms with van der Waals surface area (Å²) >= 11 is 0. The molecule has 0 aliphatic rings. The van der Waals surface area contributed by atoms with E-state index in [1.807, 2.05) is 0 Å². The van der Waals surface area contributed by atoms with Crippen molar-refractivity contribution in [1.82, 2.24) is 4.57 Å². The number of nitrogens with zero attached hydrogens (tertiary/aromatic N) is 1. The van der Waals surface area contributed by atoms with E-state index in [-0.39, 0.29) is 5.04 Å². The fourth-order valence-corrected chi connectivity index (χ4v) is 5.72. The van der Waals surface area contributed by atoms with E-state index in [9.17, 15) is 0 Å². The maximum absolute atomic E-state index is 6.45. The van der Waals surface area contributed by atoms with Crippen LogP contribution in [0, 0.1) is 0 Å². The van der Waals surface area contributed by atoms with Crippen molar-refractivity contribution in [2.24, 2.45) is 0 Å². The SMILES string of the molecule is CCN(CO[Si](C)(C)C(C)(C)C)[Si](C)(C)c1ccccc1. The van der Waals surface area contributed by atoms with Gasteiger partial charge in [0.2, 0.25) is 0 Å². The highest BCUT2D eigenvalue weighted by Gasteiger charge is 2.39. The molecule has 0 unspecified atom stereocenters. The van der Waals surface area contributed by atoms with Gasteiger partial charge in [-0.1, -0.05) is 71.1 Å². The molecule has 0 saturated carbocycles. The Balaban J connectivity index is 2.85. The van der Waals surface area contributed by atoms with Crippen LogP contribution in [0.4, 0.5) is 0 Å². The van der Waals surface area contributed by atoms with Crippen LogP contribution in [0.15, 0.2) is 30.3 Å². The van der Waals surface area contributed by atoms with Gasteiger partial charge in [-0.2, -0.15) is 0 Å². The van der Waals surface area contributed by atoms with Gasteiger partial charge in [0.15, 0.2) is 16.6 Å². The first-order valence-corrected chi connectivity index (χ1v) is 13.8. The first kappa shape index (κ1) is 18.6. The minimum Gasteiger partial charge on any atom is -0.405 e. The monoisotopic (exact) mass is 323 g/mol. The van der Waals surface area contributed by atoms with Crippen LogP contribution in [0.3, 0.4) is 0 Å².